The molecule has 0 spiro atoms. The molecule has 0 bridgehead atoms. The van der Waals surface area contributed by atoms with Crippen molar-refractivity contribution in [2.75, 3.05) is 0 Å². The van der Waals surface area contributed by atoms with E-state index in [1.165, 1.54) is 0 Å². The fraction of sp³-hybridized carbons (Fsp3) is 0.750. The SMILES string of the molecule is CC(C)C=[Se]. The molecule has 0 aliphatic heterocycles. The third kappa shape index (κ3) is 4.39. The van der Waals surface area contributed by atoms with Crippen LogP contribution in [0.1, 0.15) is 13.8 Å². The summed E-state index contributed by atoms with van der Waals surface area (Å²) in [7, 11) is 0. The summed E-state index contributed by atoms with van der Waals surface area (Å²) in [6.45, 7) is 4.27. The van der Waals surface area contributed by atoms with Crippen LogP contribution in [0, 0.1) is 5.92 Å². The summed E-state index contributed by atoms with van der Waals surface area (Å²) in [6, 6.07) is 0. The van der Waals surface area contributed by atoms with Gasteiger partial charge in [0.2, 0.25) is 0 Å². The van der Waals surface area contributed by atoms with Crippen molar-refractivity contribution in [3.05, 3.63) is 0 Å². The number of hydrogen-bond donors (Lipinski definition) is 0. The molecule has 5 heavy (non-hydrogen) atoms. The van der Waals surface area contributed by atoms with E-state index in [1.54, 1.807) is 0 Å². The number of hydrogen-bond acceptors (Lipinski definition) is 0. The van der Waals surface area contributed by atoms with Crippen molar-refractivity contribution < 1.29 is 0 Å². The molecule has 30 valence electrons. The quantitative estimate of drug-likeness (QED) is 0.462. The predicted octanol–water partition coefficient (Wildman–Crippen LogP) is 0.613. The Morgan fingerprint density at radius 1 is 1.60 bits per heavy atom. The van der Waals surface area contributed by atoms with E-state index in [4.69, 9.17) is 0 Å². The molecular formula is C4H8Se. The zero-order valence-corrected chi connectivity index (χ0v) is 5.28. The van der Waals surface area contributed by atoms with Crippen LogP contribution in [0.3, 0.4) is 0 Å². The van der Waals surface area contributed by atoms with Crippen LogP contribution in [0.4, 0.5) is 0 Å². The van der Waals surface area contributed by atoms with Gasteiger partial charge in [-0.05, 0) is 0 Å². The molecule has 0 atom stereocenters. The zero-order valence-electron chi connectivity index (χ0n) is 3.56. The second kappa shape index (κ2) is 2.62. The van der Waals surface area contributed by atoms with Crippen LogP contribution in [-0.4, -0.2) is 20.5 Å². The van der Waals surface area contributed by atoms with E-state index in [0.29, 0.717) is 5.92 Å². The summed E-state index contributed by atoms with van der Waals surface area (Å²) in [4.78, 5) is 2.04. The van der Waals surface area contributed by atoms with Gasteiger partial charge < -0.3 is 0 Å². The van der Waals surface area contributed by atoms with Gasteiger partial charge in [0, 0.05) is 0 Å². The Morgan fingerprint density at radius 3 is 1.80 bits per heavy atom. The Morgan fingerprint density at radius 2 is 1.80 bits per heavy atom. The third-order valence-electron chi connectivity index (χ3n) is 0.272. The van der Waals surface area contributed by atoms with Crippen LogP contribution in [0.15, 0.2) is 0 Å². The van der Waals surface area contributed by atoms with Crippen molar-refractivity contribution in [2.24, 2.45) is 5.92 Å². The van der Waals surface area contributed by atoms with E-state index in [1.807, 2.05) is 4.92 Å². The molecule has 1 heteroatoms. The molecule has 0 heterocycles. The third-order valence-corrected chi connectivity index (χ3v) is 1.41. The summed E-state index contributed by atoms with van der Waals surface area (Å²) in [6.07, 6.45) is 0. The molecular weight excluding hydrogens is 127 g/mol. The van der Waals surface area contributed by atoms with Gasteiger partial charge in [0.25, 0.3) is 0 Å². The molecule has 0 aromatic heterocycles. The van der Waals surface area contributed by atoms with Crippen molar-refractivity contribution in [3.63, 3.8) is 0 Å². The van der Waals surface area contributed by atoms with Crippen LogP contribution in [0.5, 0.6) is 0 Å². The molecule has 0 aliphatic rings. The Balaban J connectivity index is 2.83. The van der Waals surface area contributed by atoms with Crippen LogP contribution in [-0.2, 0) is 0 Å². The molecule has 0 nitrogen and oxygen atoms in total. The zero-order chi connectivity index (χ0) is 4.28. The van der Waals surface area contributed by atoms with Gasteiger partial charge in [0.1, 0.15) is 0 Å². The Kier molecular flexibility index (Phi) is 2.82. The van der Waals surface area contributed by atoms with Gasteiger partial charge in [0.15, 0.2) is 0 Å². The molecule has 0 aromatic rings. The summed E-state index contributed by atoms with van der Waals surface area (Å²) >= 11 is 2.82. The normalized spacial score (nSPS) is 8.60. The standard InChI is InChI=1S/C4H8Se/c1-4(2)3-5/h3-4H,1-2H3. The minimum atomic E-state index is 0.704. The first-order chi connectivity index (χ1) is 2.27. The number of rotatable bonds is 1. The second-order valence-corrected chi connectivity index (χ2v) is 1.95. The Labute approximate surface area is 40.9 Å². The molecule has 0 fully saturated rings. The summed E-state index contributed by atoms with van der Waals surface area (Å²) in [5.74, 6) is 0.704. The molecule has 0 aliphatic carbocycles. The van der Waals surface area contributed by atoms with Gasteiger partial charge in [-0.3, -0.25) is 0 Å². The van der Waals surface area contributed by atoms with E-state index in [0.717, 1.165) is 0 Å². The second-order valence-electron chi connectivity index (χ2n) is 1.38. The average Bonchev–Trinajstić information content (AvgIpc) is 1.38. The van der Waals surface area contributed by atoms with Gasteiger partial charge in [-0.25, -0.2) is 0 Å². The molecule has 0 aromatic carbocycles. The summed E-state index contributed by atoms with van der Waals surface area (Å²) in [5, 5.41) is 0. The van der Waals surface area contributed by atoms with Crippen LogP contribution >= 0.6 is 0 Å². The molecule has 0 saturated carbocycles. The van der Waals surface area contributed by atoms with Crippen molar-refractivity contribution in [1.29, 1.82) is 0 Å². The maximum absolute atomic E-state index is 2.82. The first-order valence-corrected chi connectivity index (χ1v) is 2.71. The van der Waals surface area contributed by atoms with Gasteiger partial charge in [-0.2, -0.15) is 0 Å². The van der Waals surface area contributed by atoms with Gasteiger partial charge in [0.05, 0.1) is 0 Å². The summed E-state index contributed by atoms with van der Waals surface area (Å²) < 4.78 is 0. The van der Waals surface area contributed by atoms with Crippen LogP contribution in [0.25, 0.3) is 0 Å². The fourth-order valence-electron chi connectivity index (χ4n) is 0. The van der Waals surface area contributed by atoms with Crippen molar-refractivity contribution in [2.45, 2.75) is 13.8 Å². The monoisotopic (exact) mass is 136 g/mol. The molecule has 0 unspecified atom stereocenters. The maximum atomic E-state index is 2.82. The predicted molar refractivity (Wildman–Crippen MR) is 26.7 cm³/mol. The molecule has 0 amide bonds. The first kappa shape index (κ1) is 5.39. The topological polar surface area (TPSA) is 0 Å². The van der Waals surface area contributed by atoms with Crippen molar-refractivity contribution in [1.82, 2.24) is 0 Å². The van der Waals surface area contributed by atoms with Gasteiger partial charge >= 0.3 is 40.3 Å². The van der Waals surface area contributed by atoms with Gasteiger partial charge in [-0.15, -0.1) is 0 Å². The van der Waals surface area contributed by atoms with Crippen LogP contribution < -0.4 is 0 Å². The van der Waals surface area contributed by atoms with E-state index in [2.05, 4.69) is 29.4 Å². The summed E-state index contributed by atoms with van der Waals surface area (Å²) in [5.41, 5.74) is 0. The average molecular weight is 135 g/mol. The Bertz CT molecular complexity index is 30.6. The fourth-order valence-corrected chi connectivity index (χ4v) is 0. The van der Waals surface area contributed by atoms with E-state index in [-0.39, 0.29) is 0 Å². The van der Waals surface area contributed by atoms with Crippen molar-refractivity contribution >= 4 is 20.5 Å². The minimum absolute atomic E-state index is 0.704. The molecule has 0 radical (unpaired) electrons. The van der Waals surface area contributed by atoms with Crippen molar-refractivity contribution in [3.8, 4) is 0 Å². The molecule has 0 saturated heterocycles. The first-order valence-electron chi connectivity index (χ1n) is 1.72. The molecule has 0 N–H and O–H groups in total. The Hall–Kier alpha value is 0.389. The van der Waals surface area contributed by atoms with E-state index >= 15 is 0 Å². The van der Waals surface area contributed by atoms with E-state index < -0.39 is 0 Å². The van der Waals surface area contributed by atoms with Crippen LogP contribution in [0.2, 0.25) is 0 Å². The molecule has 0 rings (SSSR count). The van der Waals surface area contributed by atoms with E-state index in [9.17, 15) is 0 Å². The van der Waals surface area contributed by atoms with Gasteiger partial charge in [-0.1, -0.05) is 0 Å².